The normalized spacial score (nSPS) is 33.2. The highest BCUT2D eigenvalue weighted by Gasteiger charge is 2.51. The van der Waals surface area contributed by atoms with Gasteiger partial charge < -0.3 is 15.4 Å². The summed E-state index contributed by atoms with van der Waals surface area (Å²) < 4.78 is 5.87. The van der Waals surface area contributed by atoms with Gasteiger partial charge in [0.25, 0.3) is 0 Å². The molecule has 1 unspecified atom stereocenters. The highest BCUT2D eigenvalue weighted by Crippen LogP contribution is 2.55. The van der Waals surface area contributed by atoms with E-state index in [4.69, 9.17) is 4.74 Å². The number of ether oxygens (including phenoxy) is 1. The molecule has 0 aliphatic heterocycles. The third kappa shape index (κ3) is 3.70. The Morgan fingerprint density at radius 3 is 2.04 bits per heavy atom. The van der Waals surface area contributed by atoms with E-state index < -0.39 is 0 Å². The van der Waals surface area contributed by atoms with Gasteiger partial charge in [-0.3, -0.25) is 0 Å². The van der Waals surface area contributed by atoms with Crippen molar-refractivity contribution in [2.45, 2.75) is 77.0 Å². The van der Waals surface area contributed by atoms with Crippen LogP contribution in [0.5, 0.6) is 5.75 Å². The van der Waals surface area contributed by atoms with Gasteiger partial charge in [-0.15, -0.1) is 0 Å². The van der Waals surface area contributed by atoms with E-state index in [-0.39, 0.29) is 17.8 Å². The second-order valence-electron chi connectivity index (χ2n) is 9.28. The van der Waals surface area contributed by atoms with Gasteiger partial charge in [-0.25, -0.2) is 4.79 Å². The Labute approximate surface area is 157 Å². The SMILES string of the molecule is CC(NC(=O)NC12CC3CC(CC(C3)C1)C2)Oc1ccc(C(C)C)cc1. The Kier molecular flexibility index (Phi) is 4.62. The van der Waals surface area contributed by atoms with Crippen LogP contribution in [0, 0.1) is 17.8 Å². The quantitative estimate of drug-likeness (QED) is 0.744. The number of carbonyl (C=O) groups excluding carboxylic acids is 1. The maximum atomic E-state index is 12.6. The Hall–Kier alpha value is -1.71. The fourth-order valence-electron chi connectivity index (χ4n) is 5.89. The van der Waals surface area contributed by atoms with E-state index >= 15 is 0 Å². The van der Waals surface area contributed by atoms with Crippen molar-refractivity contribution in [3.05, 3.63) is 29.8 Å². The summed E-state index contributed by atoms with van der Waals surface area (Å²) in [5, 5.41) is 6.30. The molecule has 0 heterocycles. The zero-order chi connectivity index (χ0) is 18.3. The molecule has 2 N–H and O–H groups in total. The largest absolute Gasteiger partial charge is 0.471 e. The highest BCUT2D eigenvalue weighted by atomic mass is 16.5. The van der Waals surface area contributed by atoms with Crippen molar-refractivity contribution in [3.63, 3.8) is 0 Å². The van der Waals surface area contributed by atoms with Gasteiger partial charge in [0.05, 0.1) is 0 Å². The minimum absolute atomic E-state index is 0.0392. The first-order valence-electron chi connectivity index (χ1n) is 10.3. The summed E-state index contributed by atoms with van der Waals surface area (Å²) in [7, 11) is 0. The molecule has 1 aromatic carbocycles. The Balaban J connectivity index is 1.30. The molecule has 4 bridgehead atoms. The summed E-state index contributed by atoms with van der Waals surface area (Å²) in [6.07, 6.45) is 7.29. The van der Waals surface area contributed by atoms with Crippen molar-refractivity contribution in [1.82, 2.24) is 10.6 Å². The van der Waals surface area contributed by atoms with Crippen LogP contribution in [0.15, 0.2) is 24.3 Å². The fourth-order valence-corrected chi connectivity index (χ4v) is 5.89. The molecule has 4 fully saturated rings. The average molecular weight is 357 g/mol. The minimum Gasteiger partial charge on any atom is -0.471 e. The smallest absolute Gasteiger partial charge is 0.318 e. The van der Waals surface area contributed by atoms with Gasteiger partial charge in [-0.1, -0.05) is 26.0 Å². The topological polar surface area (TPSA) is 50.4 Å². The van der Waals surface area contributed by atoms with Gasteiger partial charge >= 0.3 is 6.03 Å². The molecule has 4 saturated carbocycles. The Bertz CT molecular complexity index is 617. The first-order chi connectivity index (χ1) is 12.4. The lowest BCUT2D eigenvalue weighted by Gasteiger charge is -2.56. The predicted octanol–water partition coefficient (Wildman–Crippen LogP) is 4.80. The zero-order valence-electron chi connectivity index (χ0n) is 16.3. The van der Waals surface area contributed by atoms with Crippen LogP contribution < -0.4 is 15.4 Å². The number of amides is 2. The molecular weight excluding hydrogens is 324 g/mol. The van der Waals surface area contributed by atoms with Crippen molar-refractivity contribution >= 4 is 6.03 Å². The molecule has 4 aliphatic carbocycles. The second-order valence-corrected chi connectivity index (χ2v) is 9.28. The van der Waals surface area contributed by atoms with Gasteiger partial charge in [-0.05, 0) is 86.8 Å². The summed E-state index contributed by atoms with van der Waals surface area (Å²) in [4.78, 5) is 12.6. The number of carbonyl (C=O) groups is 1. The molecule has 4 heteroatoms. The van der Waals surface area contributed by atoms with Gasteiger partial charge in [0.15, 0.2) is 6.23 Å². The molecule has 5 rings (SSSR count). The Morgan fingerprint density at radius 2 is 1.54 bits per heavy atom. The van der Waals surface area contributed by atoms with Crippen LogP contribution in [0.2, 0.25) is 0 Å². The maximum absolute atomic E-state index is 12.6. The van der Waals surface area contributed by atoms with Gasteiger partial charge in [0.2, 0.25) is 0 Å². The predicted molar refractivity (Wildman–Crippen MR) is 103 cm³/mol. The molecule has 142 valence electrons. The van der Waals surface area contributed by atoms with Crippen molar-refractivity contribution < 1.29 is 9.53 Å². The van der Waals surface area contributed by atoms with Crippen LogP contribution in [-0.2, 0) is 0 Å². The van der Waals surface area contributed by atoms with Crippen molar-refractivity contribution in [3.8, 4) is 5.75 Å². The summed E-state index contributed by atoms with van der Waals surface area (Å²) in [6, 6.07) is 8.04. The van der Waals surface area contributed by atoms with Crippen LogP contribution in [0.1, 0.15) is 70.8 Å². The lowest BCUT2D eigenvalue weighted by Crippen LogP contribution is -2.62. The van der Waals surface area contributed by atoms with E-state index in [0.717, 1.165) is 23.5 Å². The van der Waals surface area contributed by atoms with Gasteiger partial charge in [-0.2, -0.15) is 0 Å². The fraction of sp³-hybridized carbons (Fsp3) is 0.682. The molecule has 4 aliphatic rings. The third-order valence-electron chi connectivity index (χ3n) is 6.61. The van der Waals surface area contributed by atoms with Gasteiger partial charge in [0, 0.05) is 5.54 Å². The number of nitrogens with one attached hydrogen (secondary N) is 2. The number of urea groups is 1. The lowest BCUT2D eigenvalue weighted by atomic mass is 9.53. The minimum atomic E-state index is -0.353. The average Bonchev–Trinajstić information content (AvgIpc) is 2.53. The summed E-state index contributed by atoms with van der Waals surface area (Å²) in [6.45, 7) is 6.24. The van der Waals surface area contributed by atoms with Crippen molar-refractivity contribution in [2.75, 3.05) is 0 Å². The molecule has 0 spiro atoms. The van der Waals surface area contributed by atoms with Crippen LogP contribution >= 0.6 is 0 Å². The first-order valence-corrected chi connectivity index (χ1v) is 10.3. The highest BCUT2D eigenvalue weighted by molar-refractivity contribution is 5.75. The molecule has 4 nitrogen and oxygen atoms in total. The number of hydrogen-bond acceptors (Lipinski definition) is 2. The number of hydrogen-bond donors (Lipinski definition) is 2. The number of rotatable bonds is 5. The van der Waals surface area contributed by atoms with E-state index in [1.54, 1.807) is 0 Å². The zero-order valence-corrected chi connectivity index (χ0v) is 16.3. The van der Waals surface area contributed by atoms with Crippen molar-refractivity contribution in [1.29, 1.82) is 0 Å². The van der Waals surface area contributed by atoms with Gasteiger partial charge in [0.1, 0.15) is 5.75 Å². The molecule has 0 radical (unpaired) electrons. The van der Waals surface area contributed by atoms with Crippen LogP contribution in [0.4, 0.5) is 4.79 Å². The summed E-state index contributed by atoms with van der Waals surface area (Å²) in [5.41, 5.74) is 1.33. The molecule has 1 aromatic rings. The second kappa shape index (κ2) is 6.79. The first kappa shape index (κ1) is 17.7. The van der Waals surface area contributed by atoms with E-state index in [1.807, 2.05) is 19.1 Å². The number of benzene rings is 1. The molecule has 2 amide bonds. The monoisotopic (exact) mass is 356 g/mol. The summed E-state index contributed by atoms with van der Waals surface area (Å²) >= 11 is 0. The third-order valence-corrected chi connectivity index (χ3v) is 6.61. The lowest BCUT2D eigenvalue weighted by molar-refractivity contribution is -0.0141. The molecule has 0 saturated heterocycles. The van der Waals surface area contributed by atoms with E-state index in [2.05, 4.69) is 36.6 Å². The van der Waals surface area contributed by atoms with Crippen LogP contribution in [0.25, 0.3) is 0 Å². The van der Waals surface area contributed by atoms with Crippen molar-refractivity contribution in [2.24, 2.45) is 17.8 Å². The van der Waals surface area contributed by atoms with Crippen LogP contribution in [0.3, 0.4) is 0 Å². The molecular formula is C22H32N2O2. The Morgan fingerprint density at radius 1 is 1.00 bits per heavy atom. The van der Waals surface area contributed by atoms with E-state index in [9.17, 15) is 4.79 Å². The molecule has 1 atom stereocenters. The maximum Gasteiger partial charge on any atom is 0.318 e. The summed E-state index contributed by atoms with van der Waals surface area (Å²) in [5.74, 6) is 3.78. The van der Waals surface area contributed by atoms with E-state index in [1.165, 1.54) is 44.1 Å². The van der Waals surface area contributed by atoms with Crippen LogP contribution in [-0.4, -0.2) is 17.8 Å². The molecule has 0 aromatic heterocycles. The van der Waals surface area contributed by atoms with E-state index in [0.29, 0.717) is 5.92 Å². The molecule has 26 heavy (non-hydrogen) atoms. The standard InChI is InChI=1S/C22H32N2O2/c1-14(2)19-4-6-20(7-5-19)26-15(3)23-21(25)24-22-11-16-8-17(12-22)10-18(9-16)13-22/h4-7,14-18H,8-13H2,1-3H3,(H2,23,24,25).